The van der Waals surface area contributed by atoms with Crippen molar-refractivity contribution in [2.24, 2.45) is 0 Å². The zero-order valence-corrected chi connectivity index (χ0v) is 20.6. The molecule has 1 aromatic heterocycles. The second kappa shape index (κ2) is 10.4. The molecule has 182 valence electrons. The van der Waals surface area contributed by atoms with Crippen LogP contribution >= 0.6 is 0 Å². The monoisotopic (exact) mass is 475 g/mol. The normalized spacial score (nSPS) is 11.5. The molecule has 3 aromatic carbocycles. The number of halogens is 2. The van der Waals surface area contributed by atoms with Crippen LogP contribution < -0.4 is 4.74 Å². The number of ether oxygens (including phenoxy) is 1. The van der Waals surface area contributed by atoms with Crippen LogP contribution in [-0.4, -0.2) is 16.5 Å². The molecule has 0 atom stereocenters. The summed E-state index contributed by atoms with van der Waals surface area (Å²) in [6.07, 6.45) is 0.583. The molecule has 0 spiro atoms. The predicted octanol–water partition coefficient (Wildman–Crippen LogP) is 7.69. The van der Waals surface area contributed by atoms with E-state index in [-0.39, 0.29) is 24.2 Å². The molecule has 35 heavy (non-hydrogen) atoms. The quantitative estimate of drug-likeness (QED) is 0.232. The number of fused-ring (bicyclic) bond motifs is 1. The molecule has 0 radical (unpaired) electrons. The summed E-state index contributed by atoms with van der Waals surface area (Å²) in [5.41, 5.74) is 4.36. The van der Waals surface area contributed by atoms with Crippen molar-refractivity contribution < 1.29 is 18.3 Å². The molecule has 0 N–H and O–H groups in total. The van der Waals surface area contributed by atoms with Crippen molar-refractivity contribution >= 4 is 16.7 Å². The van der Waals surface area contributed by atoms with Gasteiger partial charge in [-0.1, -0.05) is 50.2 Å². The van der Waals surface area contributed by atoms with Crippen molar-refractivity contribution in [3.8, 4) is 5.75 Å². The summed E-state index contributed by atoms with van der Waals surface area (Å²) < 4.78 is 35.2. The van der Waals surface area contributed by atoms with Gasteiger partial charge in [-0.25, -0.2) is 8.78 Å². The second-order valence-electron chi connectivity index (χ2n) is 9.50. The average Bonchev–Trinajstić information content (AvgIpc) is 3.13. The van der Waals surface area contributed by atoms with Gasteiger partial charge in [-0.15, -0.1) is 0 Å². The molecule has 0 amide bonds. The first-order valence-electron chi connectivity index (χ1n) is 12.1. The smallest absolute Gasteiger partial charge is 0.165 e. The largest absolute Gasteiger partial charge is 0.491 e. The predicted molar refractivity (Wildman–Crippen MR) is 136 cm³/mol. The van der Waals surface area contributed by atoms with Crippen molar-refractivity contribution in [3.05, 3.63) is 101 Å². The van der Waals surface area contributed by atoms with Crippen LogP contribution in [0.25, 0.3) is 10.9 Å². The van der Waals surface area contributed by atoms with Crippen LogP contribution in [0.4, 0.5) is 8.78 Å². The minimum atomic E-state index is -0.894. The Bertz CT molecular complexity index is 1340. The summed E-state index contributed by atoms with van der Waals surface area (Å²) in [6.45, 7) is 8.78. The fourth-order valence-electron chi connectivity index (χ4n) is 4.60. The maximum Gasteiger partial charge on any atom is 0.165 e. The van der Waals surface area contributed by atoms with Crippen molar-refractivity contribution in [3.63, 3.8) is 0 Å². The lowest BCUT2D eigenvalue weighted by Crippen LogP contribution is -2.11. The highest BCUT2D eigenvalue weighted by Crippen LogP contribution is 2.35. The van der Waals surface area contributed by atoms with E-state index in [0.29, 0.717) is 24.1 Å². The molecule has 0 saturated carbocycles. The number of ketones is 1. The average molecular weight is 476 g/mol. The van der Waals surface area contributed by atoms with E-state index in [4.69, 9.17) is 4.74 Å². The van der Waals surface area contributed by atoms with Crippen LogP contribution in [-0.2, 0) is 13.0 Å². The molecule has 4 aromatic rings. The van der Waals surface area contributed by atoms with E-state index < -0.39 is 11.6 Å². The topological polar surface area (TPSA) is 31.2 Å². The number of benzene rings is 3. The molecule has 5 heteroatoms. The van der Waals surface area contributed by atoms with Gasteiger partial charge in [0, 0.05) is 35.7 Å². The van der Waals surface area contributed by atoms with E-state index in [9.17, 15) is 13.6 Å². The molecule has 0 saturated heterocycles. The molecule has 0 aliphatic rings. The number of aryl methyl sites for hydroxylation is 1. The molecular formula is C30H31F2NO2. The maximum atomic E-state index is 13.7. The summed E-state index contributed by atoms with van der Waals surface area (Å²) in [7, 11) is 0. The van der Waals surface area contributed by atoms with Crippen molar-refractivity contribution in [2.45, 2.75) is 59.1 Å². The zero-order chi connectivity index (χ0) is 25.1. The Morgan fingerprint density at radius 3 is 2.29 bits per heavy atom. The van der Waals surface area contributed by atoms with Crippen LogP contribution in [0.1, 0.15) is 67.2 Å². The number of hydrogen-bond donors (Lipinski definition) is 0. The van der Waals surface area contributed by atoms with Gasteiger partial charge in [-0.2, -0.15) is 0 Å². The van der Waals surface area contributed by atoms with Crippen molar-refractivity contribution in [1.82, 2.24) is 4.57 Å². The number of aromatic nitrogens is 1. The fraction of sp³-hybridized carbons (Fsp3) is 0.300. The number of nitrogens with zero attached hydrogens (tertiary/aromatic N) is 1. The third-order valence-corrected chi connectivity index (χ3v) is 6.08. The first kappa shape index (κ1) is 24.6. The molecule has 3 nitrogen and oxygen atoms in total. The Morgan fingerprint density at radius 1 is 0.886 bits per heavy atom. The Kier molecular flexibility index (Phi) is 7.34. The lowest BCUT2D eigenvalue weighted by atomic mass is 9.96. The summed E-state index contributed by atoms with van der Waals surface area (Å²) >= 11 is 0. The number of carbonyl (C=O) groups excluding carboxylic acids is 1. The van der Waals surface area contributed by atoms with Crippen LogP contribution in [0.2, 0.25) is 0 Å². The summed E-state index contributed by atoms with van der Waals surface area (Å²) in [5, 5.41) is 0.885. The lowest BCUT2D eigenvalue weighted by molar-refractivity contribution is 0.0982. The number of carbonyl (C=O) groups is 1. The Labute approximate surface area is 205 Å². The van der Waals surface area contributed by atoms with Gasteiger partial charge in [0.25, 0.3) is 0 Å². The number of rotatable bonds is 9. The van der Waals surface area contributed by atoms with E-state index in [1.54, 1.807) is 0 Å². The van der Waals surface area contributed by atoms with Crippen LogP contribution in [0.5, 0.6) is 5.75 Å². The van der Waals surface area contributed by atoms with Gasteiger partial charge in [0.05, 0.1) is 11.6 Å². The maximum absolute atomic E-state index is 13.7. The third kappa shape index (κ3) is 5.45. The van der Waals surface area contributed by atoms with Gasteiger partial charge >= 0.3 is 0 Å². The van der Waals surface area contributed by atoms with Crippen molar-refractivity contribution in [1.29, 1.82) is 0 Å². The minimum absolute atomic E-state index is 0.00669. The van der Waals surface area contributed by atoms with Gasteiger partial charge in [-0.3, -0.25) is 4.79 Å². The summed E-state index contributed by atoms with van der Waals surface area (Å²) in [4.78, 5) is 13.6. The zero-order valence-electron chi connectivity index (χ0n) is 20.6. The van der Waals surface area contributed by atoms with Gasteiger partial charge in [0.1, 0.15) is 5.75 Å². The molecule has 4 rings (SSSR count). The number of Topliss-reactive ketones (excluding diaryl/α,β-unsaturated/α-hetero) is 1. The standard InChI is InChI=1S/C30H31F2NO2/c1-19(2)30-29(28(34)15-11-21-10-14-25(31)26(32)16-21)24-13-12-23(35-20(3)4)17-27(24)33(30)18-22-8-6-5-7-9-22/h5-10,12-14,16-17,19-20H,11,15,18H2,1-4H3. The van der Waals surface area contributed by atoms with Gasteiger partial charge in [-0.05, 0) is 61.6 Å². The first-order chi connectivity index (χ1) is 16.7. The number of hydrogen-bond acceptors (Lipinski definition) is 2. The molecule has 0 bridgehead atoms. The summed E-state index contributed by atoms with van der Waals surface area (Å²) in [6, 6.07) is 19.9. The van der Waals surface area contributed by atoms with Crippen LogP contribution in [0.3, 0.4) is 0 Å². The Hall–Kier alpha value is -3.47. The Balaban J connectivity index is 1.79. The Morgan fingerprint density at radius 2 is 1.63 bits per heavy atom. The molecule has 1 heterocycles. The summed E-state index contributed by atoms with van der Waals surface area (Å²) in [5.74, 6) is -0.925. The molecule has 0 aliphatic heterocycles. The van der Waals surface area contributed by atoms with Crippen LogP contribution in [0.15, 0.2) is 66.7 Å². The SMILES string of the molecule is CC(C)Oc1ccc2c(C(=O)CCc3ccc(F)c(F)c3)c(C(C)C)n(Cc3ccccc3)c2c1. The first-order valence-corrected chi connectivity index (χ1v) is 12.1. The van der Waals surface area contributed by atoms with Gasteiger partial charge in [0.2, 0.25) is 0 Å². The highest BCUT2D eigenvalue weighted by molar-refractivity contribution is 6.10. The van der Waals surface area contributed by atoms with E-state index in [1.807, 2.05) is 50.2 Å². The highest BCUT2D eigenvalue weighted by Gasteiger charge is 2.25. The molecule has 0 unspecified atom stereocenters. The van der Waals surface area contributed by atoms with Gasteiger partial charge in [0.15, 0.2) is 17.4 Å². The van der Waals surface area contributed by atoms with E-state index in [0.717, 1.165) is 34.0 Å². The van der Waals surface area contributed by atoms with Crippen molar-refractivity contribution in [2.75, 3.05) is 0 Å². The minimum Gasteiger partial charge on any atom is -0.491 e. The molecular weight excluding hydrogens is 444 g/mol. The highest BCUT2D eigenvalue weighted by atomic mass is 19.2. The van der Waals surface area contributed by atoms with E-state index in [2.05, 4.69) is 30.5 Å². The third-order valence-electron chi connectivity index (χ3n) is 6.08. The second-order valence-corrected chi connectivity index (χ2v) is 9.50. The molecule has 0 aliphatic carbocycles. The fourth-order valence-corrected chi connectivity index (χ4v) is 4.60. The van der Waals surface area contributed by atoms with E-state index >= 15 is 0 Å². The van der Waals surface area contributed by atoms with E-state index in [1.165, 1.54) is 12.1 Å². The lowest BCUT2D eigenvalue weighted by Gasteiger charge is -2.16. The van der Waals surface area contributed by atoms with Gasteiger partial charge < -0.3 is 9.30 Å². The molecule has 0 fully saturated rings. The van der Waals surface area contributed by atoms with Crippen LogP contribution in [0, 0.1) is 11.6 Å².